The van der Waals surface area contributed by atoms with Gasteiger partial charge in [-0.2, -0.15) is 0 Å². The molecule has 4 heteroatoms. The fraction of sp³-hybridized carbons (Fsp3) is 0.640. The van der Waals surface area contributed by atoms with Gasteiger partial charge in [0.2, 0.25) is 5.78 Å². The minimum absolute atomic E-state index is 0.0909. The molecule has 0 saturated heterocycles. The summed E-state index contributed by atoms with van der Waals surface area (Å²) in [7, 11) is -0.829. The van der Waals surface area contributed by atoms with Crippen LogP contribution in [0.25, 0.3) is 0 Å². The maximum Gasteiger partial charge on any atom is 0.228 e. The number of ketones is 1. The van der Waals surface area contributed by atoms with Gasteiger partial charge in [0.05, 0.1) is 0 Å². The summed E-state index contributed by atoms with van der Waals surface area (Å²) < 4.78 is 6.59. The lowest BCUT2D eigenvalue weighted by atomic mass is 9.74. The zero-order valence-electron chi connectivity index (χ0n) is 18.6. The van der Waals surface area contributed by atoms with Crippen LogP contribution in [0.15, 0.2) is 28.9 Å². The first-order chi connectivity index (χ1) is 13.7. The Morgan fingerprint density at radius 3 is 2.31 bits per heavy atom. The Labute approximate surface area is 187 Å². The number of rotatable bonds is 8. The molecule has 0 aromatic heterocycles. The Balaban J connectivity index is 1.64. The molecule has 2 nitrogen and oxygen atoms in total. The molecule has 0 aliphatic heterocycles. The van der Waals surface area contributed by atoms with Crippen LogP contribution in [0.4, 0.5) is 0 Å². The third-order valence-corrected chi connectivity index (χ3v) is 8.07. The number of fused-ring (bicyclic) bond motifs is 1. The van der Waals surface area contributed by atoms with Crippen molar-refractivity contribution < 1.29 is 9.53 Å². The van der Waals surface area contributed by atoms with E-state index in [1.54, 1.807) is 0 Å². The van der Waals surface area contributed by atoms with Crippen LogP contribution in [-0.2, 0) is 17.6 Å². The van der Waals surface area contributed by atoms with E-state index < -0.39 is 10.0 Å². The lowest BCUT2D eigenvalue weighted by Crippen LogP contribution is -2.22. The van der Waals surface area contributed by atoms with Gasteiger partial charge in [0.1, 0.15) is 5.94 Å². The number of allylic oxidation sites excluding steroid dienone is 1. The third kappa shape index (κ3) is 5.91. The molecule has 0 heterocycles. The van der Waals surface area contributed by atoms with Crippen molar-refractivity contribution in [3.63, 3.8) is 0 Å². The SMILES string of the molecule is C=C(OCS(C)(C)C)C(=O)c1cc2c(cc1Br)CC(C1CCC(CCC)CC1)C2. The molecule has 29 heavy (non-hydrogen) atoms. The van der Waals surface area contributed by atoms with Crippen LogP contribution < -0.4 is 0 Å². The summed E-state index contributed by atoms with van der Waals surface area (Å²) in [4.78, 5) is 12.9. The van der Waals surface area contributed by atoms with E-state index in [-0.39, 0.29) is 11.5 Å². The number of hydrogen-bond acceptors (Lipinski definition) is 2. The number of Topliss-reactive ketones (excluding diaryl/α,β-unsaturated/α-hetero) is 1. The fourth-order valence-corrected chi connectivity index (χ4v) is 6.07. The zero-order chi connectivity index (χ0) is 21.2. The van der Waals surface area contributed by atoms with Gasteiger partial charge in [-0.1, -0.05) is 55.1 Å². The molecular formula is C25H37BrO2S. The predicted octanol–water partition coefficient (Wildman–Crippen LogP) is 7.13. The lowest BCUT2D eigenvalue weighted by molar-refractivity contribution is 0.0947. The van der Waals surface area contributed by atoms with Crippen LogP contribution in [0, 0.1) is 17.8 Å². The monoisotopic (exact) mass is 480 g/mol. The zero-order valence-corrected chi connectivity index (χ0v) is 21.0. The maximum atomic E-state index is 12.9. The van der Waals surface area contributed by atoms with Gasteiger partial charge in [-0.05, 0) is 85.5 Å². The highest BCUT2D eigenvalue weighted by Crippen LogP contribution is 2.42. The van der Waals surface area contributed by atoms with Crippen molar-refractivity contribution in [1.29, 1.82) is 0 Å². The molecule has 1 unspecified atom stereocenters. The Bertz CT molecular complexity index is 757. The quantitative estimate of drug-likeness (QED) is 0.224. The summed E-state index contributed by atoms with van der Waals surface area (Å²) in [6.45, 7) is 6.21. The number of ether oxygens (including phenoxy) is 1. The largest absolute Gasteiger partial charge is 0.481 e. The van der Waals surface area contributed by atoms with E-state index in [1.807, 2.05) is 0 Å². The molecule has 0 N–H and O–H groups in total. The summed E-state index contributed by atoms with van der Waals surface area (Å²) in [5.41, 5.74) is 3.47. The van der Waals surface area contributed by atoms with E-state index in [1.165, 1.54) is 49.7 Å². The van der Waals surface area contributed by atoms with Crippen molar-refractivity contribution in [1.82, 2.24) is 0 Å². The summed E-state index contributed by atoms with van der Waals surface area (Å²) in [5, 5.41) is 0. The minimum atomic E-state index is -0.829. The van der Waals surface area contributed by atoms with Gasteiger partial charge >= 0.3 is 0 Å². The molecule has 1 aromatic rings. The van der Waals surface area contributed by atoms with E-state index in [2.05, 4.69) is 60.3 Å². The number of benzene rings is 1. The molecule has 1 saturated carbocycles. The molecular weight excluding hydrogens is 444 g/mol. The molecule has 0 spiro atoms. The van der Waals surface area contributed by atoms with Crippen molar-refractivity contribution in [2.45, 2.75) is 58.3 Å². The standard InChI is InChI=1S/C25H37BrO2S/c1-6-7-18-8-10-19(11-9-18)20-12-21-14-23(24(26)15-22(21)13-20)25(27)17(2)28-16-29(3,4)5/h14-15,18-20H,2,6-13,16H2,1,3-5H3. The second kappa shape index (κ2) is 9.60. The van der Waals surface area contributed by atoms with Gasteiger partial charge in [0, 0.05) is 10.0 Å². The van der Waals surface area contributed by atoms with Gasteiger partial charge in [-0.3, -0.25) is 4.79 Å². The Morgan fingerprint density at radius 2 is 1.72 bits per heavy atom. The van der Waals surface area contributed by atoms with E-state index in [0.29, 0.717) is 11.5 Å². The van der Waals surface area contributed by atoms with Crippen LogP contribution in [0.2, 0.25) is 0 Å². The average molecular weight is 482 g/mol. The lowest BCUT2D eigenvalue weighted by Gasteiger charge is -2.32. The van der Waals surface area contributed by atoms with Crippen molar-refractivity contribution in [3.8, 4) is 0 Å². The van der Waals surface area contributed by atoms with E-state index in [0.717, 1.165) is 35.1 Å². The Morgan fingerprint density at radius 1 is 1.10 bits per heavy atom. The van der Waals surface area contributed by atoms with E-state index in [9.17, 15) is 4.79 Å². The van der Waals surface area contributed by atoms with Gasteiger partial charge in [0.25, 0.3) is 0 Å². The molecule has 0 radical (unpaired) electrons. The van der Waals surface area contributed by atoms with E-state index in [4.69, 9.17) is 4.74 Å². The first-order valence-corrected chi connectivity index (χ1v) is 14.8. The van der Waals surface area contributed by atoms with Crippen molar-refractivity contribution in [2.24, 2.45) is 17.8 Å². The first kappa shape index (κ1) is 22.9. The molecule has 0 amide bonds. The molecule has 1 atom stereocenters. The normalized spacial score (nSPS) is 24.8. The van der Waals surface area contributed by atoms with E-state index >= 15 is 0 Å². The molecule has 1 aromatic carbocycles. The van der Waals surface area contributed by atoms with Crippen LogP contribution in [0.1, 0.15) is 66.9 Å². The summed E-state index contributed by atoms with van der Waals surface area (Å²) in [5.74, 6) is 3.29. The topological polar surface area (TPSA) is 26.3 Å². The highest BCUT2D eigenvalue weighted by Gasteiger charge is 2.32. The highest BCUT2D eigenvalue weighted by molar-refractivity contribution is 9.10. The molecule has 1 fully saturated rings. The molecule has 0 bridgehead atoms. The second-order valence-electron chi connectivity index (χ2n) is 9.94. The average Bonchev–Trinajstić information content (AvgIpc) is 3.08. The molecule has 162 valence electrons. The second-order valence-corrected chi connectivity index (χ2v) is 15.2. The number of carbonyl (C=O) groups excluding carboxylic acids is 1. The Kier molecular flexibility index (Phi) is 7.59. The fourth-order valence-electron chi connectivity index (χ4n) is 5.00. The smallest absolute Gasteiger partial charge is 0.228 e. The van der Waals surface area contributed by atoms with Crippen LogP contribution in [0.5, 0.6) is 0 Å². The number of halogens is 1. The van der Waals surface area contributed by atoms with Crippen molar-refractivity contribution in [3.05, 3.63) is 45.6 Å². The summed E-state index contributed by atoms with van der Waals surface area (Å²) >= 11 is 3.64. The highest BCUT2D eigenvalue weighted by atomic mass is 79.9. The predicted molar refractivity (Wildman–Crippen MR) is 130 cm³/mol. The van der Waals surface area contributed by atoms with Gasteiger partial charge in [0.15, 0.2) is 5.76 Å². The van der Waals surface area contributed by atoms with Gasteiger partial charge in [-0.15, -0.1) is 0 Å². The van der Waals surface area contributed by atoms with Gasteiger partial charge in [-0.25, -0.2) is 10.0 Å². The number of hydrogen-bond donors (Lipinski definition) is 0. The Hall–Kier alpha value is -0.740. The number of carbonyl (C=O) groups is 1. The first-order valence-electron chi connectivity index (χ1n) is 11.0. The molecule has 2 aliphatic carbocycles. The van der Waals surface area contributed by atoms with Crippen molar-refractivity contribution >= 4 is 31.7 Å². The minimum Gasteiger partial charge on any atom is -0.481 e. The van der Waals surface area contributed by atoms with Crippen LogP contribution in [0.3, 0.4) is 0 Å². The third-order valence-electron chi connectivity index (χ3n) is 6.59. The van der Waals surface area contributed by atoms with Crippen LogP contribution >= 0.6 is 26.0 Å². The molecule has 2 aliphatic rings. The van der Waals surface area contributed by atoms with Crippen molar-refractivity contribution in [2.75, 3.05) is 24.7 Å². The maximum absolute atomic E-state index is 12.9. The summed E-state index contributed by atoms with van der Waals surface area (Å²) in [6.07, 6.45) is 17.1. The molecule has 3 rings (SSSR count). The van der Waals surface area contributed by atoms with Crippen LogP contribution in [-0.4, -0.2) is 30.5 Å². The summed E-state index contributed by atoms with van der Waals surface area (Å²) in [6, 6.07) is 4.27. The van der Waals surface area contributed by atoms with Gasteiger partial charge < -0.3 is 4.74 Å².